The molecule has 1 atom stereocenters. The van der Waals surface area contributed by atoms with Crippen LogP contribution in [0.4, 0.5) is 5.69 Å². The van der Waals surface area contributed by atoms with Crippen molar-refractivity contribution in [2.45, 2.75) is 82.7 Å². The number of benzene rings is 1. The molecule has 0 aromatic heterocycles. The summed E-state index contributed by atoms with van der Waals surface area (Å²) in [6, 6.07) is 7.87. The number of carbonyl (C=O) groups excluding carboxylic acids is 3. The van der Waals surface area contributed by atoms with Gasteiger partial charge in [0.1, 0.15) is 6.04 Å². The van der Waals surface area contributed by atoms with Crippen LogP contribution < -0.4 is 4.90 Å². The number of amides is 3. The Morgan fingerprint density at radius 2 is 1.53 bits per heavy atom. The quantitative estimate of drug-likeness (QED) is 0.708. The SMILES string of the molecule is N#Cc1ccc(N2C(=O)CC(N(C(=O)C3CCCCC3)C3CCCCC3)C2=O)cc1. The Bertz CT molecular complexity index is 845. The van der Waals surface area contributed by atoms with Gasteiger partial charge in [0.05, 0.1) is 23.7 Å². The summed E-state index contributed by atoms with van der Waals surface area (Å²) in [7, 11) is 0. The lowest BCUT2D eigenvalue weighted by atomic mass is 9.86. The van der Waals surface area contributed by atoms with Crippen LogP contribution in [0.15, 0.2) is 24.3 Å². The Morgan fingerprint density at radius 1 is 0.933 bits per heavy atom. The van der Waals surface area contributed by atoms with Crippen molar-refractivity contribution in [3.8, 4) is 6.07 Å². The lowest BCUT2D eigenvalue weighted by molar-refractivity contribution is -0.146. The van der Waals surface area contributed by atoms with E-state index in [-0.39, 0.29) is 36.1 Å². The van der Waals surface area contributed by atoms with Crippen LogP contribution >= 0.6 is 0 Å². The number of nitrogens with zero attached hydrogens (tertiary/aromatic N) is 3. The van der Waals surface area contributed by atoms with Gasteiger partial charge in [0, 0.05) is 12.0 Å². The maximum absolute atomic E-state index is 13.6. The molecule has 1 unspecified atom stereocenters. The Labute approximate surface area is 177 Å². The minimum absolute atomic E-state index is 0.0208. The molecule has 1 aliphatic heterocycles. The number of rotatable bonds is 4. The fourth-order valence-corrected chi connectivity index (χ4v) is 5.30. The highest BCUT2D eigenvalue weighted by atomic mass is 16.2. The van der Waals surface area contributed by atoms with Gasteiger partial charge in [0.25, 0.3) is 5.91 Å². The molecule has 30 heavy (non-hydrogen) atoms. The predicted molar refractivity (Wildman–Crippen MR) is 112 cm³/mol. The first-order valence-corrected chi connectivity index (χ1v) is 11.3. The fourth-order valence-electron chi connectivity index (χ4n) is 5.30. The molecule has 1 aromatic carbocycles. The monoisotopic (exact) mass is 407 g/mol. The van der Waals surface area contributed by atoms with Gasteiger partial charge in [-0.3, -0.25) is 14.4 Å². The van der Waals surface area contributed by atoms with Gasteiger partial charge in [0.2, 0.25) is 11.8 Å². The summed E-state index contributed by atoms with van der Waals surface area (Å²) in [4.78, 5) is 42.8. The first-order valence-electron chi connectivity index (χ1n) is 11.3. The number of anilines is 1. The Hall–Kier alpha value is -2.68. The molecule has 4 rings (SSSR count). The highest BCUT2D eigenvalue weighted by molar-refractivity contribution is 6.23. The largest absolute Gasteiger partial charge is 0.327 e. The number of nitriles is 1. The zero-order valence-corrected chi connectivity index (χ0v) is 17.4. The number of hydrogen-bond donors (Lipinski definition) is 0. The van der Waals surface area contributed by atoms with Crippen LogP contribution in [0.3, 0.4) is 0 Å². The molecule has 158 valence electrons. The molecule has 2 aliphatic carbocycles. The second-order valence-electron chi connectivity index (χ2n) is 8.82. The van der Waals surface area contributed by atoms with E-state index in [1.165, 1.54) is 11.3 Å². The fraction of sp³-hybridized carbons (Fsp3) is 0.583. The minimum atomic E-state index is -0.703. The molecular formula is C24H29N3O3. The second-order valence-corrected chi connectivity index (χ2v) is 8.82. The predicted octanol–water partition coefficient (Wildman–Crippen LogP) is 3.93. The number of imide groups is 1. The van der Waals surface area contributed by atoms with Crippen LogP contribution in [-0.4, -0.2) is 34.7 Å². The van der Waals surface area contributed by atoms with E-state index >= 15 is 0 Å². The Morgan fingerprint density at radius 3 is 2.13 bits per heavy atom. The van der Waals surface area contributed by atoms with Gasteiger partial charge >= 0.3 is 0 Å². The zero-order chi connectivity index (χ0) is 21.1. The number of hydrogen-bond acceptors (Lipinski definition) is 4. The molecule has 3 amide bonds. The summed E-state index contributed by atoms with van der Waals surface area (Å²) < 4.78 is 0. The first-order chi connectivity index (χ1) is 14.6. The standard InChI is InChI=1S/C24H29N3O3/c25-16-17-11-13-20(14-12-17)27-22(28)15-21(24(27)30)26(19-9-5-2-6-10-19)23(29)18-7-3-1-4-8-18/h11-14,18-19,21H,1-10,15H2. The maximum atomic E-state index is 13.6. The van der Waals surface area contributed by atoms with Crippen molar-refractivity contribution in [1.29, 1.82) is 5.26 Å². The van der Waals surface area contributed by atoms with E-state index in [1.54, 1.807) is 24.3 Å². The van der Waals surface area contributed by atoms with Gasteiger partial charge in [-0.2, -0.15) is 5.26 Å². The molecule has 3 aliphatic rings. The summed E-state index contributed by atoms with van der Waals surface area (Å²) in [5, 5.41) is 9.00. The smallest absolute Gasteiger partial charge is 0.257 e. The van der Waals surface area contributed by atoms with Crippen molar-refractivity contribution in [1.82, 2.24) is 4.90 Å². The molecule has 0 spiro atoms. The van der Waals surface area contributed by atoms with Crippen molar-refractivity contribution < 1.29 is 14.4 Å². The Balaban J connectivity index is 1.61. The van der Waals surface area contributed by atoms with Crippen LogP contribution in [0.1, 0.15) is 76.2 Å². The van der Waals surface area contributed by atoms with Gasteiger partial charge in [-0.15, -0.1) is 0 Å². The molecule has 2 saturated carbocycles. The average molecular weight is 408 g/mol. The molecule has 1 heterocycles. The summed E-state index contributed by atoms with van der Waals surface area (Å²) in [6.07, 6.45) is 10.2. The van der Waals surface area contributed by atoms with E-state index < -0.39 is 6.04 Å². The van der Waals surface area contributed by atoms with Gasteiger partial charge in [0.15, 0.2) is 0 Å². The first kappa shape index (κ1) is 20.6. The third-order valence-corrected chi connectivity index (χ3v) is 6.89. The van der Waals surface area contributed by atoms with Gasteiger partial charge in [-0.25, -0.2) is 4.90 Å². The second kappa shape index (κ2) is 8.99. The third kappa shape index (κ3) is 3.98. The molecular weight excluding hydrogens is 378 g/mol. The molecule has 1 saturated heterocycles. The van der Waals surface area contributed by atoms with Crippen LogP contribution in [0.5, 0.6) is 0 Å². The summed E-state index contributed by atoms with van der Waals surface area (Å²) in [6.45, 7) is 0. The van der Waals surface area contributed by atoms with Crippen molar-refractivity contribution in [2.75, 3.05) is 4.90 Å². The normalized spacial score (nSPS) is 23.4. The zero-order valence-electron chi connectivity index (χ0n) is 17.4. The summed E-state index contributed by atoms with van der Waals surface area (Å²) in [5.74, 6) is -0.520. The molecule has 0 bridgehead atoms. The molecule has 3 fully saturated rings. The molecule has 6 heteroatoms. The third-order valence-electron chi connectivity index (χ3n) is 6.89. The van der Waals surface area contributed by atoms with Gasteiger partial charge in [-0.05, 0) is 49.9 Å². The molecule has 0 N–H and O–H groups in total. The van der Waals surface area contributed by atoms with Crippen molar-refractivity contribution in [3.63, 3.8) is 0 Å². The topological polar surface area (TPSA) is 81.5 Å². The molecule has 1 aromatic rings. The molecule has 0 radical (unpaired) electrons. The van der Waals surface area contributed by atoms with E-state index in [9.17, 15) is 14.4 Å². The van der Waals surface area contributed by atoms with Crippen LogP contribution in [-0.2, 0) is 14.4 Å². The van der Waals surface area contributed by atoms with E-state index in [0.717, 1.165) is 57.8 Å². The van der Waals surface area contributed by atoms with Crippen LogP contribution in [0.25, 0.3) is 0 Å². The van der Waals surface area contributed by atoms with Crippen molar-refractivity contribution in [2.24, 2.45) is 5.92 Å². The van der Waals surface area contributed by atoms with E-state index in [2.05, 4.69) is 0 Å². The van der Waals surface area contributed by atoms with Gasteiger partial charge < -0.3 is 4.90 Å². The lowest BCUT2D eigenvalue weighted by Gasteiger charge is -2.40. The van der Waals surface area contributed by atoms with Crippen LogP contribution in [0, 0.1) is 17.2 Å². The Kier molecular flexibility index (Phi) is 6.17. The highest BCUT2D eigenvalue weighted by Crippen LogP contribution is 2.34. The number of carbonyl (C=O) groups is 3. The van der Waals surface area contributed by atoms with E-state index in [1.807, 2.05) is 11.0 Å². The van der Waals surface area contributed by atoms with E-state index in [0.29, 0.717) is 11.3 Å². The highest BCUT2D eigenvalue weighted by Gasteiger charge is 2.47. The van der Waals surface area contributed by atoms with E-state index in [4.69, 9.17) is 5.26 Å². The lowest BCUT2D eigenvalue weighted by Crippen LogP contribution is -2.53. The van der Waals surface area contributed by atoms with Crippen LogP contribution in [0.2, 0.25) is 0 Å². The minimum Gasteiger partial charge on any atom is -0.327 e. The molecule has 6 nitrogen and oxygen atoms in total. The van der Waals surface area contributed by atoms with Crippen molar-refractivity contribution in [3.05, 3.63) is 29.8 Å². The van der Waals surface area contributed by atoms with Gasteiger partial charge in [-0.1, -0.05) is 38.5 Å². The summed E-state index contributed by atoms with van der Waals surface area (Å²) >= 11 is 0. The van der Waals surface area contributed by atoms with Crippen molar-refractivity contribution >= 4 is 23.4 Å². The summed E-state index contributed by atoms with van der Waals surface area (Å²) in [5.41, 5.74) is 0.950. The maximum Gasteiger partial charge on any atom is 0.257 e. The average Bonchev–Trinajstić information content (AvgIpc) is 3.09.